The molecule has 0 spiro atoms. The Morgan fingerprint density at radius 2 is 2.04 bits per heavy atom. The number of phenols is 1. The van der Waals surface area contributed by atoms with E-state index in [0.717, 1.165) is 12.8 Å². The molecule has 7 nitrogen and oxygen atoms in total. The molecule has 0 unspecified atom stereocenters. The van der Waals surface area contributed by atoms with Crippen molar-refractivity contribution < 1.29 is 17.9 Å². The van der Waals surface area contributed by atoms with Crippen molar-refractivity contribution in [2.45, 2.75) is 24.3 Å². The summed E-state index contributed by atoms with van der Waals surface area (Å²) in [7, 11) is -3.56. The van der Waals surface area contributed by atoms with E-state index in [1.54, 1.807) is 18.4 Å². The molecule has 0 aliphatic carbocycles. The summed E-state index contributed by atoms with van der Waals surface area (Å²) in [5, 5.41) is 16.0. The molecule has 0 amide bonds. The van der Waals surface area contributed by atoms with Gasteiger partial charge in [-0.05, 0) is 55.4 Å². The third-order valence-corrected chi connectivity index (χ3v) is 6.06. The number of hydrogen-bond donors (Lipinski definition) is 3. The zero-order valence-corrected chi connectivity index (χ0v) is 15.1. The lowest BCUT2D eigenvalue weighted by Crippen LogP contribution is -2.29. The number of rotatable bonds is 5. The zero-order valence-electron chi connectivity index (χ0n) is 13.4. The van der Waals surface area contributed by atoms with E-state index in [1.807, 2.05) is 0 Å². The van der Waals surface area contributed by atoms with Gasteiger partial charge in [0.25, 0.3) is 0 Å². The highest BCUT2D eigenvalue weighted by atomic mass is 32.2. The molecule has 0 atom stereocenters. The molecule has 2 aromatic rings. The van der Waals surface area contributed by atoms with E-state index < -0.39 is 10.0 Å². The minimum atomic E-state index is -3.56. The third kappa shape index (κ3) is 4.12. The Labute approximate surface area is 151 Å². The molecule has 0 bridgehead atoms. The fourth-order valence-corrected chi connectivity index (χ4v) is 4.33. The minimum Gasteiger partial charge on any atom is -0.506 e. The molecule has 9 heteroatoms. The number of hydrogen-bond acceptors (Lipinski definition) is 5. The lowest BCUT2D eigenvalue weighted by Gasteiger charge is -2.17. The molecule has 134 valence electrons. The van der Waals surface area contributed by atoms with Gasteiger partial charge in [-0.25, -0.2) is 8.42 Å². The van der Waals surface area contributed by atoms with Crippen LogP contribution in [-0.2, 0) is 16.6 Å². The molecule has 25 heavy (non-hydrogen) atoms. The standard InChI is InChI=1S/C16H19N3O4S2/c20-15-6-5-13(25(21,22)19-7-1-2-8-19)10-14(15)18-16(24)17-11-12-4-3-9-23-12/h3-6,9-10,20H,1-2,7-8,11H2,(H2,17,18,24). The topological polar surface area (TPSA) is 94.8 Å². The van der Waals surface area contributed by atoms with Gasteiger partial charge in [0, 0.05) is 13.1 Å². The van der Waals surface area contributed by atoms with Crippen molar-refractivity contribution in [1.82, 2.24) is 9.62 Å². The van der Waals surface area contributed by atoms with Gasteiger partial charge in [0.2, 0.25) is 10.0 Å². The third-order valence-electron chi connectivity index (χ3n) is 3.92. The van der Waals surface area contributed by atoms with E-state index >= 15 is 0 Å². The van der Waals surface area contributed by atoms with Gasteiger partial charge in [-0.2, -0.15) is 4.31 Å². The SMILES string of the molecule is O=S(=O)(c1ccc(O)c(NC(=S)NCc2ccco2)c1)N1CCCC1. The number of anilines is 1. The second-order valence-electron chi connectivity index (χ2n) is 5.68. The number of sulfonamides is 1. The van der Waals surface area contributed by atoms with Crippen LogP contribution in [0.4, 0.5) is 5.69 Å². The lowest BCUT2D eigenvalue weighted by atomic mass is 10.3. The van der Waals surface area contributed by atoms with Crippen LogP contribution < -0.4 is 10.6 Å². The maximum atomic E-state index is 12.6. The monoisotopic (exact) mass is 381 g/mol. The van der Waals surface area contributed by atoms with Crippen LogP contribution in [-0.4, -0.2) is 36.0 Å². The van der Waals surface area contributed by atoms with Gasteiger partial charge >= 0.3 is 0 Å². The van der Waals surface area contributed by atoms with Crippen LogP contribution in [0.15, 0.2) is 45.9 Å². The molecule has 1 saturated heterocycles. The molecule has 1 aromatic heterocycles. The van der Waals surface area contributed by atoms with E-state index in [-0.39, 0.29) is 21.4 Å². The van der Waals surface area contributed by atoms with E-state index in [4.69, 9.17) is 16.6 Å². The summed E-state index contributed by atoms with van der Waals surface area (Å²) in [5.74, 6) is 0.626. The summed E-state index contributed by atoms with van der Waals surface area (Å²) < 4.78 is 31.9. The first-order valence-corrected chi connectivity index (χ1v) is 9.72. The molecule has 3 N–H and O–H groups in total. The van der Waals surface area contributed by atoms with Crippen molar-refractivity contribution in [2.24, 2.45) is 0 Å². The molecule has 3 rings (SSSR count). The number of aromatic hydroxyl groups is 1. The van der Waals surface area contributed by atoms with Crippen molar-refractivity contribution in [2.75, 3.05) is 18.4 Å². The van der Waals surface area contributed by atoms with E-state index in [1.165, 1.54) is 22.5 Å². The smallest absolute Gasteiger partial charge is 0.243 e. The van der Waals surface area contributed by atoms with Crippen LogP contribution in [0.5, 0.6) is 5.75 Å². The second kappa shape index (κ2) is 7.42. The Morgan fingerprint density at radius 3 is 2.72 bits per heavy atom. The van der Waals surface area contributed by atoms with Gasteiger partial charge in [-0.15, -0.1) is 0 Å². The fourth-order valence-electron chi connectivity index (χ4n) is 2.60. The zero-order chi connectivity index (χ0) is 17.9. The molecule has 1 fully saturated rings. The average Bonchev–Trinajstić information content (AvgIpc) is 3.28. The maximum Gasteiger partial charge on any atom is 0.243 e. The highest BCUT2D eigenvalue weighted by Crippen LogP contribution is 2.29. The number of nitrogens with zero attached hydrogens (tertiary/aromatic N) is 1. The molecular weight excluding hydrogens is 362 g/mol. The summed E-state index contributed by atoms with van der Waals surface area (Å²) in [6, 6.07) is 7.71. The first kappa shape index (κ1) is 17.7. The van der Waals surface area contributed by atoms with Gasteiger partial charge in [-0.3, -0.25) is 0 Å². The van der Waals surface area contributed by atoms with Crippen LogP contribution in [0, 0.1) is 0 Å². The van der Waals surface area contributed by atoms with Gasteiger partial charge in [0.1, 0.15) is 11.5 Å². The first-order valence-electron chi connectivity index (χ1n) is 7.87. The minimum absolute atomic E-state index is 0.0810. The largest absolute Gasteiger partial charge is 0.506 e. The predicted molar refractivity (Wildman–Crippen MR) is 97.9 cm³/mol. The van der Waals surface area contributed by atoms with Gasteiger partial charge in [0.05, 0.1) is 23.4 Å². The van der Waals surface area contributed by atoms with Gasteiger partial charge in [0.15, 0.2) is 5.11 Å². The maximum absolute atomic E-state index is 12.6. The van der Waals surface area contributed by atoms with Gasteiger partial charge < -0.3 is 20.2 Å². The summed E-state index contributed by atoms with van der Waals surface area (Å²) in [5.41, 5.74) is 0.234. The number of furan rings is 1. The summed E-state index contributed by atoms with van der Waals surface area (Å²) in [4.78, 5) is 0.128. The predicted octanol–water partition coefficient (Wildman–Crippen LogP) is 2.26. The number of nitrogens with one attached hydrogen (secondary N) is 2. The quantitative estimate of drug-likeness (QED) is 0.540. The molecule has 0 radical (unpaired) electrons. The van der Waals surface area contributed by atoms with Crippen LogP contribution in [0.25, 0.3) is 0 Å². The summed E-state index contributed by atoms with van der Waals surface area (Å²) >= 11 is 5.18. The second-order valence-corrected chi connectivity index (χ2v) is 8.02. The Hall–Kier alpha value is -2.10. The van der Waals surface area contributed by atoms with E-state index in [2.05, 4.69) is 10.6 Å². The van der Waals surface area contributed by atoms with Crippen LogP contribution in [0.1, 0.15) is 18.6 Å². The molecule has 1 aromatic carbocycles. The van der Waals surface area contributed by atoms with Crippen LogP contribution in [0.3, 0.4) is 0 Å². The Kier molecular flexibility index (Phi) is 5.26. The molecule has 1 aliphatic rings. The average molecular weight is 381 g/mol. The molecular formula is C16H19N3O4S2. The van der Waals surface area contributed by atoms with E-state index in [0.29, 0.717) is 25.4 Å². The molecule has 0 saturated carbocycles. The Bertz CT molecular complexity index is 844. The van der Waals surface area contributed by atoms with Gasteiger partial charge in [-0.1, -0.05) is 0 Å². The van der Waals surface area contributed by atoms with Crippen molar-refractivity contribution in [3.63, 3.8) is 0 Å². The first-order chi connectivity index (χ1) is 12.0. The molecule has 1 aliphatic heterocycles. The summed E-state index contributed by atoms with van der Waals surface area (Å²) in [6.45, 7) is 1.43. The van der Waals surface area contributed by atoms with E-state index in [9.17, 15) is 13.5 Å². The summed E-state index contributed by atoms with van der Waals surface area (Å²) in [6.07, 6.45) is 3.29. The molecule has 2 heterocycles. The number of benzene rings is 1. The normalized spacial score (nSPS) is 15.2. The number of thiocarbonyl (C=S) groups is 1. The highest BCUT2D eigenvalue weighted by Gasteiger charge is 2.27. The van der Waals surface area contributed by atoms with Crippen LogP contribution in [0.2, 0.25) is 0 Å². The van der Waals surface area contributed by atoms with Crippen LogP contribution >= 0.6 is 12.2 Å². The highest BCUT2D eigenvalue weighted by molar-refractivity contribution is 7.89. The lowest BCUT2D eigenvalue weighted by molar-refractivity contribution is 0.473. The fraction of sp³-hybridized carbons (Fsp3) is 0.312. The van der Waals surface area contributed by atoms with Crippen molar-refractivity contribution in [3.05, 3.63) is 42.4 Å². The Morgan fingerprint density at radius 1 is 1.28 bits per heavy atom. The Balaban J connectivity index is 1.72. The van der Waals surface area contributed by atoms with Crippen molar-refractivity contribution >= 4 is 33.0 Å². The van der Waals surface area contributed by atoms with Crippen molar-refractivity contribution in [1.29, 1.82) is 0 Å². The van der Waals surface area contributed by atoms with Crippen molar-refractivity contribution in [3.8, 4) is 5.75 Å². The number of phenolic OH excluding ortho intramolecular Hbond substituents is 1.